The van der Waals surface area contributed by atoms with Crippen molar-refractivity contribution in [3.63, 3.8) is 0 Å². The van der Waals surface area contributed by atoms with Crippen LogP contribution in [0.5, 0.6) is 10.9 Å². The lowest BCUT2D eigenvalue weighted by atomic mass is 10.4. The first-order chi connectivity index (χ1) is 8.47. The number of aromatic nitrogens is 3. The van der Waals surface area contributed by atoms with E-state index >= 15 is 0 Å². The molecule has 0 aliphatic carbocycles. The molecule has 2 heterocycles. The summed E-state index contributed by atoms with van der Waals surface area (Å²) >= 11 is 6.56. The molecule has 1 N–H and O–H groups in total. The fourth-order valence-corrected chi connectivity index (χ4v) is 2.21. The summed E-state index contributed by atoms with van der Waals surface area (Å²) < 4.78 is 7.12. The zero-order chi connectivity index (χ0) is 13.3. The molecule has 0 saturated carbocycles. The lowest BCUT2D eigenvalue weighted by Crippen LogP contribution is -1.99. The molecule has 0 fully saturated rings. The largest absolute Gasteiger partial charge is 0.477 e. The zero-order valence-corrected chi connectivity index (χ0v) is 11.2. The lowest BCUT2D eigenvalue weighted by Gasteiger charge is -2.02. The third-order valence-corrected chi connectivity index (χ3v) is 3.38. The van der Waals surface area contributed by atoms with Crippen molar-refractivity contribution in [3.05, 3.63) is 22.4 Å². The van der Waals surface area contributed by atoms with Gasteiger partial charge < -0.3 is 9.84 Å². The highest BCUT2D eigenvalue weighted by molar-refractivity contribution is 7.15. The predicted octanol–water partition coefficient (Wildman–Crippen LogP) is 3.06. The number of hydrogen-bond acceptors (Lipinski definition) is 5. The second kappa shape index (κ2) is 4.95. The van der Waals surface area contributed by atoms with Crippen LogP contribution in [0.1, 0.15) is 29.6 Å². The van der Waals surface area contributed by atoms with Gasteiger partial charge >= 0.3 is 5.97 Å². The van der Waals surface area contributed by atoms with Gasteiger partial charge in [0, 0.05) is 6.04 Å². The molecule has 8 heteroatoms. The van der Waals surface area contributed by atoms with Gasteiger partial charge in [0.2, 0.25) is 0 Å². The predicted molar refractivity (Wildman–Crippen MR) is 66.8 cm³/mol. The van der Waals surface area contributed by atoms with Crippen molar-refractivity contribution in [2.75, 3.05) is 0 Å². The molecule has 0 bridgehead atoms. The van der Waals surface area contributed by atoms with Crippen molar-refractivity contribution in [1.82, 2.24) is 14.8 Å². The van der Waals surface area contributed by atoms with E-state index in [1.807, 2.05) is 13.8 Å². The van der Waals surface area contributed by atoms with E-state index in [1.54, 1.807) is 10.9 Å². The third kappa shape index (κ3) is 2.62. The minimum atomic E-state index is -1.12. The molecule has 0 atom stereocenters. The first kappa shape index (κ1) is 12.8. The number of carbonyl (C=O) groups is 1. The Labute approximate surface area is 112 Å². The summed E-state index contributed by atoms with van der Waals surface area (Å²) in [7, 11) is 0. The van der Waals surface area contributed by atoms with Crippen molar-refractivity contribution >= 4 is 28.9 Å². The number of nitrogens with zero attached hydrogens (tertiary/aromatic N) is 3. The van der Waals surface area contributed by atoms with E-state index in [0.717, 1.165) is 11.3 Å². The van der Waals surface area contributed by atoms with Crippen molar-refractivity contribution in [3.8, 4) is 10.9 Å². The van der Waals surface area contributed by atoms with Gasteiger partial charge in [-0.15, -0.1) is 0 Å². The molecule has 0 unspecified atom stereocenters. The number of thiazole rings is 1. The van der Waals surface area contributed by atoms with Gasteiger partial charge in [-0.3, -0.25) is 4.68 Å². The number of hydrogen-bond donors (Lipinski definition) is 1. The number of aromatic carboxylic acids is 1. The highest BCUT2D eigenvalue weighted by atomic mass is 35.5. The average Bonchev–Trinajstić information content (AvgIpc) is 2.86. The highest BCUT2D eigenvalue weighted by Crippen LogP contribution is 2.31. The first-order valence-electron chi connectivity index (χ1n) is 5.09. The maximum absolute atomic E-state index is 10.8. The highest BCUT2D eigenvalue weighted by Gasteiger charge is 2.17. The summed E-state index contributed by atoms with van der Waals surface area (Å²) in [6.07, 6.45) is 3.25. The Kier molecular flexibility index (Phi) is 3.53. The molecule has 0 aliphatic rings. The molecule has 2 aromatic rings. The number of ether oxygens (including phenoxy) is 1. The van der Waals surface area contributed by atoms with Gasteiger partial charge in [-0.1, -0.05) is 22.9 Å². The number of carboxylic acid groups (broad SMARTS) is 1. The van der Waals surface area contributed by atoms with E-state index in [-0.39, 0.29) is 21.3 Å². The van der Waals surface area contributed by atoms with Gasteiger partial charge in [0.15, 0.2) is 15.8 Å². The van der Waals surface area contributed by atoms with Crippen LogP contribution in [0.3, 0.4) is 0 Å². The minimum Gasteiger partial charge on any atom is -0.477 e. The Balaban J connectivity index is 2.18. The lowest BCUT2D eigenvalue weighted by molar-refractivity contribution is 0.0702. The van der Waals surface area contributed by atoms with Crippen LogP contribution in [0.15, 0.2) is 12.4 Å². The summed E-state index contributed by atoms with van der Waals surface area (Å²) in [5, 5.41) is 13.0. The number of carboxylic acids is 1. The molecule has 0 spiro atoms. The fraction of sp³-hybridized carbons (Fsp3) is 0.300. The van der Waals surface area contributed by atoms with Gasteiger partial charge in [-0.05, 0) is 13.8 Å². The first-order valence-corrected chi connectivity index (χ1v) is 6.28. The van der Waals surface area contributed by atoms with Crippen molar-refractivity contribution in [2.45, 2.75) is 19.9 Å². The second-order valence-corrected chi connectivity index (χ2v) is 5.08. The molecule has 0 aliphatic heterocycles. The van der Waals surface area contributed by atoms with Crippen LogP contribution < -0.4 is 4.74 Å². The standard InChI is InChI=1S/C10H10ClN3O3S/c1-5(2)14-4-6(3-12-14)17-10-13-8(11)7(18-10)9(15)16/h3-5H,1-2H3,(H,15,16). The van der Waals surface area contributed by atoms with Gasteiger partial charge in [0.05, 0.1) is 12.4 Å². The van der Waals surface area contributed by atoms with Gasteiger partial charge in [-0.25, -0.2) is 4.79 Å². The van der Waals surface area contributed by atoms with E-state index in [2.05, 4.69) is 10.1 Å². The Hall–Kier alpha value is -1.60. The molecule has 6 nitrogen and oxygen atoms in total. The molecule has 0 aromatic carbocycles. The van der Waals surface area contributed by atoms with E-state index < -0.39 is 5.97 Å². The van der Waals surface area contributed by atoms with Crippen molar-refractivity contribution < 1.29 is 14.6 Å². The van der Waals surface area contributed by atoms with Crippen LogP contribution in [0.4, 0.5) is 0 Å². The van der Waals surface area contributed by atoms with Crippen LogP contribution in [0, 0.1) is 0 Å². The van der Waals surface area contributed by atoms with Crippen LogP contribution in [0.2, 0.25) is 5.15 Å². The summed E-state index contributed by atoms with van der Waals surface area (Å²) in [5.74, 6) is -0.628. The maximum atomic E-state index is 10.8. The Bertz CT molecular complexity index is 579. The monoisotopic (exact) mass is 287 g/mol. The normalized spacial score (nSPS) is 10.9. The fourth-order valence-electron chi connectivity index (χ4n) is 1.22. The Morgan fingerprint density at radius 1 is 1.61 bits per heavy atom. The minimum absolute atomic E-state index is 0.0390. The summed E-state index contributed by atoms with van der Waals surface area (Å²) in [4.78, 5) is 14.6. The topological polar surface area (TPSA) is 77.2 Å². The van der Waals surface area contributed by atoms with Crippen LogP contribution in [-0.2, 0) is 0 Å². The smallest absolute Gasteiger partial charge is 0.349 e. The Morgan fingerprint density at radius 3 is 2.83 bits per heavy atom. The SMILES string of the molecule is CC(C)n1cc(Oc2nc(Cl)c(C(=O)O)s2)cn1. The quantitative estimate of drug-likeness (QED) is 0.935. The molecule has 2 aromatic heterocycles. The van der Waals surface area contributed by atoms with E-state index in [0.29, 0.717) is 5.75 Å². The van der Waals surface area contributed by atoms with Gasteiger partial charge in [0.1, 0.15) is 0 Å². The average molecular weight is 288 g/mol. The van der Waals surface area contributed by atoms with Crippen LogP contribution in [-0.4, -0.2) is 25.8 Å². The van der Waals surface area contributed by atoms with E-state index in [1.165, 1.54) is 6.20 Å². The van der Waals surface area contributed by atoms with Crippen molar-refractivity contribution in [2.24, 2.45) is 0 Å². The summed E-state index contributed by atoms with van der Waals surface area (Å²) in [6, 6.07) is 0.219. The molecule has 0 saturated heterocycles. The Morgan fingerprint density at radius 2 is 2.33 bits per heavy atom. The van der Waals surface area contributed by atoms with Crippen LogP contribution >= 0.6 is 22.9 Å². The summed E-state index contributed by atoms with van der Waals surface area (Å²) in [6.45, 7) is 3.97. The molecular formula is C10H10ClN3O3S. The zero-order valence-electron chi connectivity index (χ0n) is 9.62. The second-order valence-electron chi connectivity index (χ2n) is 3.76. The third-order valence-electron chi connectivity index (χ3n) is 2.07. The number of rotatable bonds is 4. The molecule has 96 valence electrons. The van der Waals surface area contributed by atoms with Crippen molar-refractivity contribution in [1.29, 1.82) is 0 Å². The van der Waals surface area contributed by atoms with Gasteiger partial charge in [0.25, 0.3) is 5.19 Å². The molecule has 2 rings (SSSR count). The van der Waals surface area contributed by atoms with Crippen LogP contribution in [0.25, 0.3) is 0 Å². The number of halogens is 1. The maximum Gasteiger partial charge on any atom is 0.349 e. The molecule has 0 amide bonds. The van der Waals surface area contributed by atoms with E-state index in [4.69, 9.17) is 21.4 Å². The molecule has 0 radical (unpaired) electrons. The summed E-state index contributed by atoms with van der Waals surface area (Å²) in [5.41, 5.74) is 0. The molecular weight excluding hydrogens is 278 g/mol. The molecule has 18 heavy (non-hydrogen) atoms. The van der Waals surface area contributed by atoms with Gasteiger partial charge in [-0.2, -0.15) is 10.1 Å². The van der Waals surface area contributed by atoms with E-state index in [9.17, 15) is 4.79 Å².